The van der Waals surface area contributed by atoms with Crippen molar-refractivity contribution in [2.45, 2.75) is 12.5 Å². The average Bonchev–Trinajstić information content (AvgIpc) is 3.19. The summed E-state index contributed by atoms with van der Waals surface area (Å²) in [6.45, 7) is 0.356. The van der Waals surface area contributed by atoms with Crippen LogP contribution >= 0.6 is 0 Å². The number of rotatable bonds is 3. The van der Waals surface area contributed by atoms with Crippen LogP contribution in [0, 0.1) is 23.5 Å². The van der Waals surface area contributed by atoms with Crippen LogP contribution in [-0.4, -0.2) is 48.7 Å². The van der Waals surface area contributed by atoms with Gasteiger partial charge in [0.1, 0.15) is 11.9 Å². The Bertz CT molecular complexity index is 654. The molecule has 23 heavy (non-hydrogen) atoms. The van der Waals surface area contributed by atoms with Crippen molar-refractivity contribution in [1.29, 1.82) is 0 Å². The fourth-order valence-electron chi connectivity index (χ4n) is 2.95. The van der Waals surface area contributed by atoms with Crippen molar-refractivity contribution >= 4 is 12.0 Å². The maximum absolute atomic E-state index is 13.6. The number of amides is 2. The van der Waals surface area contributed by atoms with Gasteiger partial charge in [-0.3, -0.25) is 14.5 Å². The zero-order chi connectivity index (χ0) is 16.7. The van der Waals surface area contributed by atoms with Gasteiger partial charge in [0.2, 0.25) is 0 Å². The summed E-state index contributed by atoms with van der Waals surface area (Å²) in [5.41, 5.74) is 0. The molecule has 0 aromatic heterocycles. The molecule has 1 aromatic rings. The van der Waals surface area contributed by atoms with Crippen LogP contribution in [0.1, 0.15) is 6.42 Å². The maximum atomic E-state index is 13.6. The van der Waals surface area contributed by atoms with Crippen molar-refractivity contribution in [2.24, 2.45) is 11.8 Å². The van der Waals surface area contributed by atoms with E-state index in [-0.39, 0.29) is 17.7 Å². The highest BCUT2D eigenvalue weighted by molar-refractivity contribution is 5.87. The van der Waals surface area contributed by atoms with Crippen LogP contribution in [0.4, 0.5) is 13.6 Å². The molecule has 2 fully saturated rings. The second-order valence-corrected chi connectivity index (χ2v) is 5.72. The van der Waals surface area contributed by atoms with E-state index >= 15 is 0 Å². The van der Waals surface area contributed by atoms with Gasteiger partial charge < -0.3 is 4.74 Å². The number of fused-ring (bicyclic) bond motifs is 1. The minimum atomic E-state index is -0.871. The lowest BCUT2D eigenvalue weighted by atomic mass is 10.2. The molecule has 0 bridgehead atoms. The summed E-state index contributed by atoms with van der Waals surface area (Å²) in [6.07, 6.45) is -0.0175. The second-order valence-electron chi connectivity index (χ2n) is 5.72. The van der Waals surface area contributed by atoms with E-state index in [1.165, 1.54) is 19.1 Å². The number of ether oxygens (including phenoxy) is 1. The van der Waals surface area contributed by atoms with Crippen LogP contribution in [0.5, 0.6) is 5.75 Å². The fraction of sp³-hybridized carbons (Fsp3) is 0.467. The lowest BCUT2D eigenvalue weighted by Crippen LogP contribution is -2.49. The van der Waals surface area contributed by atoms with Crippen LogP contribution in [0.25, 0.3) is 0 Å². The molecule has 6 nitrogen and oxygen atoms in total. The topological polar surface area (TPSA) is 59.1 Å². The third-order valence-electron chi connectivity index (χ3n) is 4.31. The SMILES string of the molecule is CON(C)C(=O)C1C2CC2CN1C(=O)Oc1cc(F)ccc1F. The van der Waals surface area contributed by atoms with E-state index in [9.17, 15) is 18.4 Å². The second kappa shape index (κ2) is 5.77. The number of hydrogen-bond acceptors (Lipinski definition) is 4. The van der Waals surface area contributed by atoms with Crippen LogP contribution < -0.4 is 4.74 Å². The lowest BCUT2D eigenvalue weighted by Gasteiger charge is -2.28. The van der Waals surface area contributed by atoms with Crippen LogP contribution in [0.2, 0.25) is 0 Å². The first-order valence-electron chi connectivity index (χ1n) is 7.17. The number of benzene rings is 1. The Kier molecular flexibility index (Phi) is 3.93. The Labute approximate surface area is 131 Å². The predicted molar refractivity (Wildman–Crippen MR) is 74.3 cm³/mol. The Morgan fingerprint density at radius 2 is 2.09 bits per heavy atom. The minimum absolute atomic E-state index is 0.0602. The zero-order valence-electron chi connectivity index (χ0n) is 12.7. The van der Waals surface area contributed by atoms with Gasteiger partial charge in [-0.1, -0.05) is 0 Å². The maximum Gasteiger partial charge on any atom is 0.416 e. The normalized spacial score (nSPS) is 25.0. The number of carbonyl (C=O) groups excluding carboxylic acids is 2. The zero-order valence-corrected chi connectivity index (χ0v) is 12.7. The van der Waals surface area contributed by atoms with Gasteiger partial charge in [0, 0.05) is 19.7 Å². The molecular formula is C15H16F2N2O4. The molecule has 0 spiro atoms. The molecule has 2 amide bonds. The number of hydrogen-bond donors (Lipinski definition) is 0. The van der Waals surface area contributed by atoms with E-state index in [4.69, 9.17) is 9.57 Å². The molecule has 0 radical (unpaired) electrons. The van der Waals surface area contributed by atoms with Gasteiger partial charge in [-0.05, 0) is 30.4 Å². The van der Waals surface area contributed by atoms with Crippen molar-refractivity contribution in [1.82, 2.24) is 9.96 Å². The van der Waals surface area contributed by atoms with Crippen LogP contribution in [-0.2, 0) is 9.63 Å². The first kappa shape index (κ1) is 15.7. The summed E-state index contributed by atoms with van der Waals surface area (Å²) in [5.74, 6) is -2.13. The minimum Gasteiger partial charge on any atom is -0.407 e. The van der Waals surface area contributed by atoms with E-state index < -0.39 is 29.5 Å². The Balaban J connectivity index is 1.76. The van der Waals surface area contributed by atoms with E-state index in [2.05, 4.69) is 0 Å². The molecule has 1 saturated carbocycles. The first-order chi connectivity index (χ1) is 10.9. The Morgan fingerprint density at radius 3 is 2.78 bits per heavy atom. The summed E-state index contributed by atoms with van der Waals surface area (Å²) in [4.78, 5) is 30.7. The summed E-state index contributed by atoms with van der Waals surface area (Å²) >= 11 is 0. The summed E-state index contributed by atoms with van der Waals surface area (Å²) in [6, 6.07) is 1.90. The molecular weight excluding hydrogens is 310 g/mol. The van der Waals surface area contributed by atoms with E-state index in [0.29, 0.717) is 6.54 Å². The third-order valence-corrected chi connectivity index (χ3v) is 4.31. The molecule has 124 valence electrons. The lowest BCUT2D eigenvalue weighted by molar-refractivity contribution is -0.173. The van der Waals surface area contributed by atoms with Crippen LogP contribution in [0.3, 0.4) is 0 Å². The number of hydroxylamine groups is 2. The highest BCUT2D eigenvalue weighted by Gasteiger charge is 2.58. The van der Waals surface area contributed by atoms with E-state index in [1.54, 1.807) is 0 Å². The average molecular weight is 326 g/mol. The van der Waals surface area contributed by atoms with Gasteiger partial charge >= 0.3 is 6.09 Å². The monoisotopic (exact) mass is 326 g/mol. The van der Waals surface area contributed by atoms with Gasteiger partial charge in [0.25, 0.3) is 5.91 Å². The largest absolute Gasteiger partial charge is 0.416 e. The molecule has 1 saturated heterocycles. The number of nitrogens with zero attached hydrogens (tertiary/aromatic N) is 2. The molecule has 1 heterocycles. The number of likely N-dealkylation sites (N-methyl/N-ethyl adjacent to an activating group) is 1. The Hall–Kier alpha value is -2.22. The molecule has 2 aliphatic rings. The molecule has 8 heteroatoms. The molecule has 1 aromatic carbocycles. The van der Waals surface area contributed by atoms with Crippen molar-refractivity contribution in [3.05, 3.63) is 29.8 Å². The summed E-state index contributed by atoms with van der Waals surface area (Å²) in [7, 11) is 2.80. The number of halogens is 2. The Morgan fingerprint density at radius 1 is 1.35 bits per heavy atom. The quantitative estimate of drug-likeness (QED) is 0.795. The van der Waals surface area contributed by atoms with Crippen molar-refractivity contribution in [3.8, 4) is 5.75 Å². The highest BCUT2D eigenvalue weighted by atomic mass is 19.1. The first-order valence-corrected chi connectivity index (χ1v) is 7.17. The molecule has 1 aliphatic heterocycles. The van der Waals surface area contributed by atoms with E-state index in [1.807, 2.05) is 0 Å². The van der Waals surface area contributed by atoms with Crippen LogP contribution in [0.15, 0.2) is 18.2 Å². The fourth-order valence-corrected chi connectivity index (χ4v) is 2.95. The summed E-state index contributed by atoms with van der Waals surface area (Å²) < 4.78 is 31.7. The predicted octanol–water partition coefficient (Wildman–Crippen LogP) is 1.80. The number of likely N-dealkylation sites (tertiary alicyclic amines) is 1. The summed E-state index contributed by atoms with van der Waals surface area (Å²) in [5, 5.41) is 1.05. The van der Waals surface area contributed by atoms with Gasteiger partial charge in [-0.25, -0.2) is 18.6 Å². The molecule has 1 aliphatic carbocycles. The highest BCUT2D eigenvalue weighted by Crippen LogP contribution is 2.50. The van der Waals surface area contributed by atoms with Gasteiger partial charge in [-0.2, -0.15) is 0 Å². The number of carbonyl (C=O) groups is 2. The molecule has 3 unspecified atom stereocenters. The molecule has 3 rings (SSSR count). The van der Waals surface area contributed by atoms with Crippen molar-refractivity contribution in [3.63, 3.8) is 0 Å². The van der Waals surface area contributed by atoms with E-state index in [0.717, 1.165) is 29.7 Å². The van der Waals surface area contributed by atoms with Crippen molar-refractivity contribution < 1.29 is 27.9 Å². The van der Waals surface area contributed by atoms with Gasteiger partial charge in [0.05, 0.1) is 7.11 Å². The van der Waals surface area contributed by atoms with Gasteiger partial charge in [0.15, 0.2) is 11.6 Å². The molecule has 3 atom stereocenters. The standard InChI is InChI=1S/C15H16F2N2O4/c1-18(22-2)14(20)13-10-5-8(10)7-19(13)15(21)23-12-6-9(16)3-4-11(12)17/h3-4,6,8,10,13H,5,7H2,1-2H3. The third kappa shape index (κ3) is 2.86. The van der Waals surface area contributed by atoms with Crippen molar-refractivity contribution in [2.75, 3.05) is 20.7 Å². The molecule has 0 N–H and O–H groups in total. The smallest absolute Gasteiger partial charge is 0.407 e. The number of piperidine rings is 1. The van der Waals surface area contributed by atoms with Gasteiger partial charge in [-0.15, -0.1) is 0 Å².